The second-order valence-electron chi connectivity index (χ2n) is 4.84. The standard InChI is InChI=1S/C14H14N2O3/c1-9-3-4-10(8-15)7-11(9)16-12(17)14(13(18)19)5-2-6-14/h3-4,7H,2,5-6H2,1H3,(H,16,17)(H,18,19). The van der Waals surface area contributed by atoms with E-state index in [4.69, 9.17) is 5.26 Å². The van der Waals surface area contributed by atoms with E-state index in [1.165, 1.54) is 0 Å². The Bertz CT molecular complexity index is 583. The maximum Gasteiger partial charge on any atom is 0.319 e. The molecule has 1 aromatic rings. The van der Waals surface area contributed by atoms with E-state index >= 15 is 0 Å². The average molecular weight is 258 g/mol. The van der Waals surface area contributed by atoms with Crippen LogP contribution in [0.2, 0.25) is 0 Å². The van der Waals surface area contributed by atoms with Crippen molar-refractivity contribution in [2.24, 2.45) is 5.41 Å². The molecule has 2 N–H and O–H groups in total. The second kappa shape index (κ2) is 4.73. The predicted octanol–water partition coefficient (Wildman–Crippen LogP) is 2.06. The van der Waals surface area contributed by atoms with Crippen LogP contribution in [-0.4, -0.2) is 17.0 Å². The van der Waals surface area contributed by atoms with E-state index in [2.05, 4.69) is 5.32 Å². The number of benzene rings is 1. The number of aryl methyl sites for hydroxylation is 1. The van der Waals surface area contributed by atoms with Gasteiger partial charge in [-0.3, -0.25) is 9.59 Å². The highest BCUT2D eigenvalue weighted by Crippen LogP contribution is 2.42. The molecule has 0 radical (unpaired) electrons. The first kappa shape index (κ1) is 13.1. The molecule has 1 aliphatic carbocycles. The molecular weight excluding hydrogens is 244 g/mol. The Hall–Kier alpha value is -2.35. The highest BCUT2D eigenvalue weighted by atomic mass is 16.4. The molecule has 19 heavy (non-hydrogen) atoms. The van der Waals surface area contributed by atoms with Crippen LogP contribution in [0.15, 0.2) is 18.2 Å². The largest absolute Gasteiger partial charge is 0.480 e. The number of carbonyl (C=O) groups excluding carboxylic acids is 1. The number of carboxylic acid groups (broad SMARTS) is 1. The van der Waals surface area contributed by atoms with Gasteiger partial charge in [-0.15, -0.1) is 0 Å². The third-order valence-electron chi connectivity index (χ3n) is 3.67. The van der Waals surface area contributed by atoms with Crippen molar-refractivity contribution in [2.75, 3.05) is 5.32 Å². The summed E-state index contributed by atoms with van der Waals surface area (Å²) in [5, 5.41) is 20.7. The molecule has 0 unspecified atom stereocenters. The Morgan fingerprint density at radius 3 is 2.58 bits per heavy atom. The summed E-state index contributed by atoms with van der Waals surface area (Å²) in [6.07, 6.45) is 1.48. The van der Waals surface area contributed by atoms with Gasteiger partial charge in [0.1, 0.15) is 5.41 Å². The molecule has 98 valence electrons. The van der Waals surface area contributed by atoms with Crippen molar-refractivity contribution in [1.29, 1.82) is 5.26 Å². The zero-order chi connectivity index (χ0) is 14.0. The second-order valence-corrected chi connectivity index (χ2v) is 4.84. The van der Waals surface area contributed by atoms with Gasteiger partial charge in [-0.25, -0.2) is 0 Å². The summed E-state index contributed by atoms with van der Waals surface area (Å²) >= 11 is 0. The number of carboxylic acids is 1. The van der Waals surface area contributed by atoms with Crippen molar-refractivity contribution in [3.8, 4) is 6.07 Å². The predicted molar refractivity (Wildman–Crippen MR) is 68.4 cm³/mol. The van der Waals surface area contributed by atoms with Gasteiger partial charge in [0, 0.05) is 5.69 Å². The summed E-state index contributed by atoms with van der Waals surface area (Å²) in [6, 6.07) is 6.93. The number of aliphatic carboxylic acids is 1. The van der Waals surface area contributed by atoms with E-state index < -0.39 is 17.3 Å². The minimum atomic E-state index is -1.30. The van der Waals surface area contributed by atoms with E-state index in [0.29, 0.717) is 24.1 Å². The smallest absolute Gasteiger partial charge is 0.319 e. The van der Waals surface area contributed by atoms with E-state index in [1.807, 2.05) is 6.07 Å². The van der Waals surface area contributed by atoms with Crippen molar-refractivity contribution in [2.45, 2.75) is 26.2 Å². The van der Waals surface area contributed by atoms with Gasteiger partial charge >= 0.3 is 5.97 Å². The van der Waals surface area contributed by atoms with Crippen LogP contribution in [0.1, 0.15) is 30.4 Å². The summed E-state index contributed by atoms with van der Waals surface area (Å²) in [5.41, 5.74) is 0.428. The summed E-state index contributed by atoms with van der Waals surface area (Å²) in [6.45, 7) is 1.80. The highest BCUT2D eigenvalue weighted by molar-refractivity contribution is 6.09. The fourth-order valence-electron chi connectivity index (χ4n) is 2.14. The van der Waals surface area contributed by atoms with Crippen molar-refractivity contribution in [3.63, 3.8) is 0 Å². The number of hydrogen-bond donors (Lipinski definition) is 2. The SMILES string of the molecule is Cc1ccc(C#N)cc1NC(=O)C1(C(=O)O)CCC1. The number of nitriles is 1. The monoisotopic (exact) mass is 258 g/mol. The maximum atomic E-state index is 12.1. The molecule has 0 bridgehead atoms. The number of amides is 1. The Balaban J connectivity index is 2.24. The third-order valence-corrected chi connectivity index (χ3v) is 3.67. The van der Waals surface area contributed by atoms with Gasteiger partial charge in [0.15, 0.2) is 0 Å². The number of rotatable bonds is 3. The van der Waals surface area contributed by atoms with Gasteiger partial charge in [-0.05, 0) is 37.5 Å². The van der Waals surface area contributed by atoms with Crippen molar-refractivity contribution in [3.05, 3.63) is 29.3 Å². The Kier molecular flexibility index (Phi) is 3.26. The number of carbonyl (C=O) groups is 2. The zero-order valence-electron chi connectivity index (χ0n) is 10.6. The molecule has 5 nitrogen and oxygen atoms in total. The lowest BCUT2D eigenvalue weighted by molar-refractivity contribution is -0.159. The van der Waals surface area contributed by atoms with Gasteiger partial charge in [0.25, 0.3) is 0 Å². The van der Waals surface area contributed by atoms with Gasteiger partial charge in [-0.2, -0.15) is 5.26 Å². The van der Waals surface area contributed by atoms with Crippen molar-refractivity contribution in [1.82, 2.24) is 0 Å². The molecule has 1 fully saturated rings. The van der Waals surface area contributed by atoms with Crippen LogP contribution in [0.4, 0.5) is 5.69 Å². The lowest BCUT2D eigenvalue weighted by Gasteiger charge is -2.35. The van der Waals surface area contributed by atoms with E-state index in [1.54, 1.807) is 25.1 Å². The maximum absolute atomic E-state index is 12.1. The quantitative estimate of drug-likeness (QED) is 0.812. The van der Waals surface area contributed by atoms with Crippen LogP contribution in [0.25, 0.3) is 0 Å². The molecule has 1 amide bonds. The van der Waals surface area contributed by atoms with Crippen LogP contribution in [0.5, 0.6) is 0 Å². The molecule has 0 heterocycles. The van der Waals surface area contributed by atoms with Crippen LogP contribution in [-0.2, 0) is 9.59 Å². The third kappa shape index (κ3) is 2.17. The minimum Gasteiger partial charge on any atom is -0.480 e. The lowest BCUT2D eigenvalue weighted by Crippen LogP contribution is -2.48. The average Bonchev–Trinajstić information content (AvgIpc) is 2.30. The lowest BCUT2D eigenvalue weighted by atomic mass is 9.68. The molecule has 5 heteroatoms. The Morgan fingerprint density at radius 2 is 2.11 bits per heavy atom. The summed E-state index contributed by atoms with van der Waals surface area (Å²) in [7, 11) is 0. The number of hydrogen-bond acceptors (Lipinski definition) is 3. The molecule has 1 saturated carbocycles. The first-order chi connectivity index (χ1) is 8.99. The van der Waals surface area contributed by atoms with Gasteiger partial charge in [-0.1, -0.05) is 12.5 Å². The van der Waals surface area contributed by atoms with Gasteiger partial charge < -0.3 is 10.4 Å². The summed E-state index contributed by atoms with van der Waals surface area (Å²) in [5.74, 6) is -1.57. The fourth-order valence-corrected chi connectivity index (χ4v) is 2.14. The minimum absolute atomic E-state index is 0.366. The molecule has 2 rings (SSSR count). The first-order valence-electron chi connectivity index (χ1n) is 6.05. The van der Waals surface area contributed by atoms with Crippen molar-refractivity contribution >= 4 is 17.6 Å². The molecule has 1 aliphatic rings. The van der Waals surface area contributed by atoms with Crippen molar-refractivity contribution < 1.29 is 14.7 Å². The topological polar surface area (TPSA) is 90.2 Å². The summed E-state index contributed by atoms with van der Waals surface area (Å²) in [4.78, 5) is 23.4. The molecule has 0 atom stereocenters. The number of nitrogens with one attached hydrogen (secondary N) is 1. The fraction of sp³-hybridized carbons (Fsp3) is 0.357. The van der Waals surface area contributed by atoms with E-state index in [0.717, 1.165) is 12.0 Å². The zero-order valence-corrected chi connectivity index (χ0v) is 10.6. The summed E-state index contributed by atoms with van der Waals surface area (Å²) < 4.78 is 0. The van der Waals surface area contributed by atoms with Gasteiger partial charge in [0.2, 0.25) is 5.91 Å². The normalized spacial score (nSPS) is 16.0. The van der Waals surface area contributed by atoms with Crippen LogP contribution >= 0.6 is 0 Å². The molecule has 0 spiro atoms. The number of anilines is 1. The molecule has 0 aliphatic heterocycles. The Morgan fingerprint density at radius 1 is 1.42 bits per heavy atom. The number of nitrogens with zero attached hydrogens (tertiary/aromatic N) is 1. The van der Waals surface area contributed by atoms with Crippen LogP contribution in [0.3, 0.4) is 0 Å². The molecular formula is C14H14N2O3. The first-order valence-corrected chi connectivity index (χ1v) is 6.05. The van der Waals surface area contributed by atoms with Crippen LogP contribution in [0, 0.1) is 23.7 Å². The van der Waals surface area contributed by atoms with Crippen LogP contribution < -0.4 is 5.32 Å². The molecule has 1 aromatic carbocycles. The van der Waals surface area contributed by atoms with Gasteiger partial charge in [0.05, 0.1) is 11.6 Å². The molecule has 0 saturated heterocycles. The highest BCUT2D eigenvalue weighted by Gasteiger charge is 2.51. The Labute approximate surface area is 110 Å². The van der Waals surface area contributed by atoms with E-state index in [-0.39, 0.29) is 0 Å². The van der Waals surface area contributed by atoms with E-state index in [9.17, 15) is 14.7 Å². The molecule has 0 aromatic heterocycles.